The first-order valence-corrected chi connectivity index (χ1v) is 6.95. The van der Waals surface area contributed by atoms with Crippen LogP contribution in [-0.2, 0) is 0 Å². The van der Waals surface area contributed by atoms with Gasteiger partial charge in [-0.2, -0.15) is 0 Å². The van der Waals surface area contributed by atoms with E-state index >= 15 is 0 Å². The number of nitrogens with zero attached hydrogens (tertiary/aromatic N) is 2. The zero-order chi connectivity index (χ0) is 12.3. The summed E-state index contributed by atoms with van der Waals surface area (Å²) in [6, 6.07) is 1.35. The molecule has 4 nitrogen and oxygen atoms in total. The van der Waals surface area contributed by atoms with Gasteiger partial charge in [-0.15, -0.1) is 0 Å². The number of rotatable bonds is 6. The molecule has 1 aliphatic heterocycles. The molecule has 0 aromatic rings. The van der Waals surface area contributed by atoms with E-state index in [1.54, 1.807) is 0 Å². The monoisotopic (exact) mass is 241 g/mol. The Kier molecular flexibility index (Phi) is 4.79. The molecule has 17 heavy (non-hydrogen) atoms. The maximum absolute atomic E-state index is 9.96. The summed E-state index contributed by atoms with van der Waals surface area (Å²) in [7, 11) is 4.33. The number of piperidine rings is 1. The van der Waals surface area contributed by atoms with Crippen molar-refractivity contribution in [1.82, 2.24) is 15.1 Å². The molecule has 2 aliphatic rings. The fourth-order valence-electron chi connectivity index (χ4n) is 2.57. The molecular formula is C13H27N3O. The van der Waals surface area contributed by atoms with Crippen molar-refractivity contribution >= 4 is 0 Å². The minimum atomic E-state index is -0.222. The lowest BCUT2D eigenvalue weighted by Gasteiger charge is -2.36. The van der Waals surface area contributed by atoms with Gasteiger partial charge < -0.3 is 20.2 Å². The highest BCUT2D eigenvalue weighted by Crippen LogP contribution is 2.18. The molecule has 1 saturated heterocycles. The summed E-state index contributed by atoms with van der Waals surface area (Å²) in [4.78, 5) is 4.72. The van der Waals surface area contributed by atoms with Gasteiger partial charge in [-0.1, -0.05) is 0 Å². The summed E-state index contributed by atoms with van der Waals surface area (Å²) in [6.45, 7) is 3.92. The predicted octanol–water partition coefficient (Wildman–Crippen LogP) is 0.125. The van der Waals surface area contributed by atoms with E-state index in [1.807, 2.05) is 0 Å². The van der Waals surface area contributed by atoms with Crippen LogP contribution in [0.15, 0.2) is 0 Å². The standard InChI is InChI=1S/C13H27N3O/c1-15-7-5-12(6-8-15)16(2)10-13(17)9-14-11-3-4-11/h11-14,17H,3-10H2,1-2H3. The third-order valence-electron chi connectivity index (χ3n) is 4.03. The van der Waals surface area contributed by atoms with Gasteiger partial charge in [0.05, 0.1) is 6.10 Å². The van der Waals surface area contributed by atoms with Crippen molar-refractivity contribution in [2.75, 3.05) is 40.3 Å². The lowest BCUT2D eigenvalue weighted by molar-refractivity contribution is 0.0784. The highest BCUT2D eigenvalue weighted by molar-refractivity contribution is 4.83. The molecule has 0 amide bonds. The quantitative estimate of drug-likeness (QED) is 0.693. The third-order valence-corrected chi connectivity index (χ3v) is 4.03. The number of aliphatic hydroxyl groups excluding tert-OH is 1. The van der Waals surface area contributed by atoms with E-state index in [2.05, 4.69) is 29.2 Å². The van der Waals surface area contributed by atoms with Crippen molar-refractivity contribution in [3.8, 4) is 0 Å². The fraction of sp³-hybridized carbons (Fsp3) is 1.00. The van der Waals surface area contributed by atoms with Crippen LogP contribution in [0.25, 0.3) is 0 Å². The third kappa shape index (κ3) is 4.54. The van der Waals surface area contributed by atoms with Crippen LogP contribution in [0.2, 0.25) is 0 Å². The number of hydrogen-bond donors (Lipinski definition) is 2. The lowest BCUT2D eigenvalue weighted by Crippen LogP contribution is -2.46. The second kappa shape index (κ2) is 6.14. The summed E-state index contributed by atoms with van der Waals surface area (Å²) in [5, 5.41) is 13.4. The first-order chi connectivity index (χ1) is 8.15. The second-order valence-electron chi connectivity index (χ2n) is 5.81. The van der Waals surface area contributed by atoms with Gasteiger partial charge in [-0.25, -0.2) is 0 Å². The first-order valence-electron chi connectivity index (χ1n) is 6.95. The Morgan fingerprint density at radius 2 is 1.94 bits per heavy atom. The number of nitrogens with one attached hydrogen (secondary N) is 1. The van der Waals surface area contributed by atoms with Gasteiger partial charge in [0.25, 0.3) is 0 Å². The van der Waals surface area contributed by atoms with Gasteiger partial charge in [0.15, 0.2) is 0 Å². The Bertz CT molecular complexity index is 225. The molecule has 1 aliphatic carbocycles. The van der Waals surface area contributed by atoms with Gasteiger partial charge in [0.1, 0.15) is 0 Å². The van der Waals surface area contributed by atoms with Crippen LogP contribution in [0.3, 0.4) is 0 Å². The average molecular weight is 241 g/mol. The van der Waals surface area contributed by atoms with Crippen LogP contribution in [0, 0.1) is 0 Å². The molecule has 0 aromatic heterocycles. The van der Waals surface area contributed by atoms with Crippen molar-refractivity contribution in [3.05, 3.63) is 0 Å². The van der Waals surface area contributed by atoms with E-state index in [0.717, 1.165) is 13.1 Å². The van der Waals surface area contributed by atoms with Crippen molar-refractivity contribution in [2.24, 2.45) is 0 Å². The molecule has 0 spiro atoms. The lowest BCUT2D eigenvalue weighted by atomic mass is 10.0. The summed E-state index contributed by atoms with van der Waals surface area (Å²) in [5.74, 6) is 0. The molecule has 1 saturated carbocycles. The molecule has 100 valence electrons. The van der Waals surface area contributed by atoms with Crippen LogP contribution in [0.5, 0.6) is 0 Å². The first kappa shape index (κ1) is 13.3. The van der Waals surface area contributed by atoms with Gasteiger partial charge in [-0.05, 0) is 52.9 Å². The Labute approximate surface area is 105 Å². The van der Waals surface area contributed by atoms with Crippen molar-refractivity contribution < 1.29 is 5.11 Å². The molecule has 0 radical (unpaired) electrons. The Hall–Kier alpha value is -0.160. The zero-order valence-electron chi connectivity index (χ0n) is 11.2. The Balaban J connectivity index is 1.62. The van der Waals surface area contributed by atoms with Crippen LogP contribution >= 0.6 is 0 Å². The second-order valence-corrected chi connectivity index (χ2v) is 5.81. The number of hydrogen-bond acceptors (Lipinski definition) is 4. The predicted molar refractivity (Wildman–Crippen MR) is 70.2 cm³/mol. The Morgan fingerprint density at radius 3 is 2.53 bits per heavy atom. The summed E-state index contributed by atoms with van der Waals surface area (Å²) in [6.07, 6.45) is 4.82. The van der Waals surface area contributed by atoms with Crippen LogP contribution in [-0.4, -0.2) is 73.4 Å². The highest BCUT2D eigenvalue weighted by Gasteiger charge is 2.24. The number of likely N-dealkylation sites (N-methyl/N-ethyl adjacent to an activating group) is 1. The summed E-state index contributed by atoms with van der Waals surface area (Å²) >= 11 is 0. The minimum absolute atomic E-state index is 0.222. The van der Waals surface area contributed by atoms with Crippen LogP contribution in [0.1, 0.15) is 25.7 Å². The molecule has 0 bridgehead atoms. The SMILES string of the molecule is CN1CCC(N(C)CC(O)CNC2CC2)CC1. The van der Waals surface area contributed by atoms with E-state index < -0.39 is 0 Å². The molecule has 2 fully saturated rings. The number of likely N-dealkylation sites (tertiary alicyclic amines) is 1. The highest BCUT2D eigenvalue weighted by atomic mass is 16.3. The van der Waals surface area contributed by atoms with Gasteiger partial charge in [-0.3, -0.25) is 0 Å². The average Bonchev–Trinajstić information content (AvgIpc) is 3.11. The van der Waals surface area contributed by atoms with E-state index in [9.17, 15) is 5.11 Å². The van der Waals surface area contributed by atoms with Crippen molar-refractivity contribution in [2.45, 2.75) is 43.9 Å². The molecule has 4 heteroatoms. The zero-order valence-corrected chi connectivity index (χ0v) is 11.2. The van der Waals surface area contributed by atoms with Gasteiger partial charge >= 0.3 is 0 Å². The van der Waals surface area contributed by atoms with E-state index in [1.165, 1.54) is 38.8 Å². The molecular weight excluding hydrogens is 214 g/mol. The van der Waals surface area contributed by atoms with E-state index in [4.69, 9.17) is 0 Å². The molecule has 1 atom stereocenters. The van der Waals surface area contributed by atoms with Crippen LogP contribution in [0.4, 0.5) is 0 Å². The molecule has 2 N–H and O–H groups in total. The molecule has 2 rings (SSSR count). The van der Waals surface area contributed by atoms with E-state index in [0.29, 0.717) is 12.1 Å². The maximum Gasteiger partial charge on any atom is 0.0791 e. The fourth-order valence-corrected chi connectivity index (χ4v) is 2.57. The van der Waals surface area contributed by atoms with E-state index in [-0.39, 0.29) is 6.10 Å². The van der Waals surface area contributed by atoms with Crippen molar-refractivity contribution in [3.63, 3.8) is 0 Å². The molecule has 1 heterocycles. The van der Waals surface area contributed by atoms with Gasteiger partial charge in [0.2, 0.25) is 0 Å². The molecule has 0 aromatic carbocycles. The summed E-state index contributed by atoms with van der Waals surface area (Å²) in [5.41, 5.74) is 0. The summed E-state index contributed by atoms with van der Waals surface area (Å²) < 4.78 is 0. The van der Waals surface area contributed by atoms with Gasteiger partial charge in [0, 0.05) is 25.2 Å². The normalized spacial score (nSPS) is 25.4. The smallest absolute Gasteiger partial charge is 0.0791 e. The minimum Gasteiger partial charge on any atom is -0.390 e. The molecule has 1 unspecified atom stereocenters. The Morgan fingerprint density at radius 1 is 1.29 bits per heavy atom. The topological polar surface area (TPSA) is 38.7 Å². The number of aliphatic hydroxyl groups is 1. The van der Waals surface area contributed by atoms with Crippen LogP contribution < -0.4 is 5.32 Å². The largest absolute Gasteiger partial charge is 0.390 e. The maximum atomic E-state index is 9.96. The van der Waals surface area contributed by atoms with Crippen molar-refractivity contribution in [1.29, 1.82) is 0 Å².